The van der Waals surface area contributed by atoms with E-state index in [1.54, 1.807) is 18.7 Å². The van der Waals surface area contributed by atoms with Crippen LogP contribution in [0.15, 0.2) is 6.07 Å². The Kier molecular flexibility index (Phi) is 3.51. The lowest BCUT2D eigenvalue weighted by Crippen LogP contribution is -2.59. The van der Waals surface area contributed by atoms with Crippen molar-refractivity contribution in [3.63, 3.8) is 0 Å². The lowest BCUT2D eigenvalue weighted by atomic mass is 10.0. The highest BCUT2D eigenvalue weighted by Crippen LogP contribution is 2.40. The molecule has 3 rings (SSSR count). The van der Waals surface area contributed by atoms with E-state index in [1.165, 1.54) is 0 Å². The molecule has 3 heterocycles. The number of anilines is 2. The van der Waals surface area contributed by atoms with Gasteiger partial charge in [-0.2, -0.15) is 13.2 Å². The molecule has 0 saturated carbocycles. The second-order valence-corrected chi connectivity index (χ2v) is 5.85. The Morgan fingerprint density at radius 3 is 2.77 bits per heavy atom. The number of piperazine rings is 1. The molecule has 1 aromatic rings. The number of halogens is 3. The van der Waals surface area contributed by atoms with Gasteiger partial charge in [0.05, 0.1) is 16.9 Å². The van der Waals surface area contributed by atoms with Gasteiger partial charge in [-0.05, 0) is 12.0 Å². The molecule has 0 bridgehead atoms. The summed E-state index contributed by atoms with van der Waals surface area (Å²) in [6.07, 6.45) is -4.49. The van der Waals surface area contributed by atoms with E-state index in [0.717, 1.165) is 6.07 Å². The number of nitrogens with one attached hydrogen (secondary N) is 2. The highest BCUT2D eigenvalue weighted by Gasteiger charge is 2.40. The van der Waals surface area contributed by atoms with Crippen LogP contribution in [0.1, 0.15) is 31.0 Å². The zero-order valence-corrected chi connectivity index (χ0v) is 12.3. The molecule has 2 aliphatic heterocycles. The number of aromatic nitrogens is 1. The molecule has 1 saturated heterocycles. The van der Waals surface area contributed by atoms with Crippen LogP contribution in [0, 0.1) is 0 Å². The number of alkyl halides is 3. The maximum Gasteiger partial charge on any atom is 0.418 e. The van der Waals surface area contributed by atoms with Crippen molar-refractivity contribution in [1.29, 1.82) is 0 Å². The number of pyridine rings is 1. The Labute approximate surface area is 125 Å². The molecule has 1 unspecified atom stereocenters. The number of hydrogen-bond acceptors (Lipinski definition) is 4. The Bertz CT molecular complexity index is 615. The van der Waals surface area contributed by atoms with Gasteiger partial charge in [0.1, 0.15) is 6.04 Å². The van der Waals surface area contributed by atoms with Gasteiger partial charge in [0.2, 0.25) is 5.91 Å². The summed E-state index contributed by atoms with van der Waals surface area (Å²) >= 11 is 0. The van der Waals surface area contributed by atoms with Crippen molar-refractivity contribution in [2.45, 2.75) is 32.0 Å². The Morgan fingerprint density at radius 2 is 2.14 bits per heavy atom. The van der Waals surface area contributed by atoms with Gasteiger partial charge in [-0.1, -0.05) is 13.8 Å². The molecular weight excluding hydrogens is 297 g/mol. The molecule has 0 aromatic carbocycles. The van der Waals surface area contributed by atoms with Gasteiger partial charge in [-0.15, -0.1) is 0 Å². The van der Waals surface area contributed by atoms with Gasteiger partial charge < -0.3 is 15.5 Å². The van der Waals surface area contributed by atoms with Gasteiger partial charge in [0, 0.05) is 19.6 Å². The second kappa shape index (κ2) is 5.12. The van der Waals surface area contributed by atoms with Crippen LogP contribution in [0.3, 0.4) is 0 Å². The maximum absolute atomic E-state index is 13.2. The molecule has 0 radical (unpaired) electrons. The Morgan fingerprint density at radius 1 is 1.41 bits per heavy atom. The Hall–Kier alpha value is -1.83. The van der Waals surface area contributed by atoms with E-state index < -0.39 is 17.8 Å². The number of nitrogens with zero attached hydrogens (tertiary/aromatic N) is 2. The highest BCUT2D eigenvalue weighted by atomic mass is 19.4. The zero-order chi connectivity index (χ0) is 16.1. The number of carbonyl (C=O) groups excluding carboxylic acids is 1. The highest BCUT2D eigenvalue weighted by molar-refractivity contribution is 6.03. The minimum absolute atomic E-state index is 0.0136. The topological polar surface area (TPSA) is 57.3 Å². The zero-order valence-electron chi connectivity index (χ0n) is 12.3. The molecule has 5 nitrogen and oxygen atoms in total. The van der Waals surface area contributed by atoms with E-state index in [4.69, 9.17) is 0 Å². The van der Waals surface area contributed by atoms with Crippen molar-refractivity contribution in [3.05, 3.63) is 17.3 Å². The molecule has 1 atom stereocenters. The fraction of sp³-hybridized carbons (Fsp3) is 0.571. The van der Waals surface area contributed by atoms with Crippen LogP contribution in [0.2, 0.25) is 0 Å². The quantitative estimate of drug-likeness (QED) is 0.832. The van der Waals surface area contributed by atoms with Gasteiger partial charge >= 0.3 is 6.18 Å². The first-order valence-electron chi connectivity index (χ1n) is 7.19. The summed E-state index contributed by atoms with van der Waals surface area (Å²) in [6, 6.07) is 0.582. The fourth-order valence-electron chi connectivity index (χ4n) is 2.90. The number of rotatable bonds is 1. The summed E-state index contributed by atoms with van der Waals surface area (Å²) in [6.45, 7) is 5.04. The van der Waals surface area contributed by atoms with Crippen molar-refractivity contribution >= 4 is 17.4 Å². The molecule has 120 valence electrons. The molecule has 0 aliphatic carbocycles. The van der Waals surface area contributed by atoms with E-state index in [0.29, 0.717) is 25.5 Å². The molecular formula is C14H17F3N4O. The maximum atomic E-state index is 13.2. The third-order valence-corrected chi connectivity index (χ3v) is 3.96. The van der Waals surface area contributed by atoms with Crippen molar-refractivity contribution in [2.24, 2.45) is 0 Å². The summed E-state index contributed by atoms with van der Waals surface area (Å²) in [5.74, 6) is -0.226. The first-order valence-corrected chi connectivity index (χ1v) is 7.19. The summed E-state index contributed by atoms with van der Waals surface area (Å²) in [5, 5.41) is 5.66. The van der Waals surface area contributed by atoms with E-state index in [-0.39, 0.29) is 23.2 Å². The summed E-state index contributed by atoms with van der Waals surface area (Å²) in [7, 11) is 0. The number of hydrogen-bond donors (Lipinski definition) is 2. The molecule has 8 heteroatoms. The molecule has 0 spiro atoms. The SMILES string of the molecule is CC(C)c1nc2c(cc1C(F)(F)F)NC(=O)C1CNCCN21. The standard InChI is InChI=1S/C14H17F3N4O/c1-7(2)11-8(14(15,16)17)5-9-12(20-11)21-4-3-18-6-10(21)13(22)19-9/h5,7,10,18H,3-4,6H2,1-2H3,(H,19,22). The van der Waals surface area contributed by atoms with E-state index >= 15 is 0 Å². The Balaban J connectivity index is 2.15. The first kappa shape index (κ1) is 15.1. The van der Waals surface area contributed by atoms with Crippen molar-refractivity contribution in [3.8, 4) is 0 Å². The minimum atomic E-state index is -4.49. The number of fused-ring (bicyclic) bond motifs is 3. The van der Waals surface area contributed by atoms with Crippen LogP contribution in [-0.2, 0) is 11.0 Å². The minimum Gasteiger partial charge on any atom is -0.340 e. The van der Waals surface area contributed by atoms with Crippen LogP contribution in [0.5, 0.6) is 0 Å². The van der Waals surface area contributed by atoms with Crippen LogP contribution < -0.4 is 15.5 Å². The van der Waals surface area contributed by atoms with Crippen molar-refractivity contribution in [2.75, 3.05) is 29.9 Å². The molecule has 1 amide bonds. The molecule has 22 heavy (non-hydrogen) atoms. The smallest absolute Gasteiger partial charge is 0.340 e. The normalized spacial score (nSPS) is 21.5. The molecule has 1 fully saturated rings. The number of amides is 1. The van der Waals surface area contributed by atoms with E-state index in [1.807, 2.05) is 0 Å². The molecule has 1 aromatic heterocycles. The number of carbonyl (C=O) groups is 1. The first-order chi connectivity index (χ1) is 10.3. The average Bonchev–Trinajstić information content (AvgIpc) is 2.45. The predicted octanol–water partition coefficient (Wildman–Crippen LogP) is 1.95. The largest absolute Gasteiger partial charge is 0.418 e. The van der Waals surface area contributed by atoms with Crippen LogP contribution in [-0.4, -0.2) is 36.6 Å². The summed E-state index contributed by atoms with van der Waals surface area (Å²) in [4.78, 5) is 18.1. The third-order valence-electron chi connectivity index (χ3n) is 3.96. The third kappa shape index (κ3) is 2.41. The van der Waals surface area contributed by atoms with Crippen LogP contribution in [0.4, 0.5) is 24.7 Å². The molecule has 2 N–H and O–H groups in total. The second-order valence-electron chi connectivity index (χ2n) is 5.85. The predicted molar refractivity (Wildman–Crippen MR) is 76.0 cm³/mol. The van der Waals surface area contributed by atoms with Gasteiger partial charge in [0.25, 0.3) is 0 Å². The van der Waals surface area contributed by atoms with Crippen molar-refractivity contribution in [1.82, 2.24) is 10.3 Å². The van der Waals surface area contributed by atoms with E-state index in [2.05, 4.69) is 15.6 Å². The van der Waals surface area contributed by atoms with Crippen molar-refractivity contribution < 1.29 is 18.0 Å². The van der Waals surface area contributed by atoms with E-state index in [9.17, 15) is 18.0 Å². The average molecular weight is 314 g/mol. The molecule has 2 aliphatic rings. The van der Waals surface area contributed by atoms with Gasteiger partial charge in [-0.25, -0.2) is 4.98 Å². The van der Waals surface area contributed by atoms with Gasteiger partial charge in [-0.3, -0.25) is 4.79 Å². The lowest BCUT2D eigenvalue weighted by molar-refractivity contribution is -0.138. The van der Waals surface area contributed by atoms with Crippen LogP contribution in [0.25, 0.3) is 0 Å². The van der Waals surface area contributed by atoms with Gasteiger partial charge in [0.15, 0.2) is 5.82 Å². The monoisotopic (exact) mass is 314 g/mol. The fourth-order valence-corrected chi connectivity index (χ4v) is 2.90. The lowest BCUT2D eigenvalue weighted by Gasteiger charge is -2.40. The summed E-state index contributed by atoms with van der Waals surface area (Å²) < 4.78 is 39.7. The summed E-state index contributed by atoms with van der Waals surface area (Å²) in [5.41, 5.74) is -0.630. The van der Waals surface area contributed by atoms with Crippen LogP contribution >= 0.6 is 0 Å².